The van der Waals surface area contributed by atoms with Crippen molar-refractivity contribution in [2.24, 2.45) is 7.05 Å². The summed E-state index contributed by atoms with van der Waals surface area (Å²) in [5.74, 6) is -1.93. The highest BCUT2D eigenvalue weighted by Crippen LogP contribution is 2.31. The van der Waals surface area contributed by atoms with E-state index >= 15 is 0 Å². The lowest BCUT2D eigenvalue weighted by Crippen LogP contribution is -2.39. The summed E-state index contributed by atoms with van der Waals surface area (Å²) in [5.41, 5.74) is 1.66. The van der Waals surface area contributed by atoms with E-state index in [1.807, 2.05) is 19.1 Å². The van der Waals surface area contributed by atoms with Crippen molar-refractivity contribution in [1.29, 1.82) is 0 Å². The van der Waals surface area contributed by atoms with Crippen LogP contribution in [0.25, 0.3) is 0 Å². The molecule has 0 saturated heterocycles. The van der Waals surface area contributed by atoms with Crippen LogP contribution in [-0.4, -0.2) is 50.3 Å². The van der Waals surface area contributed by atoms with Gasteiger partial charge in [0, 0.05) is 19.8 Å². The number of thioether (sulfide) groups is 1. The zero-order valence-electron chi connectivity index (χ0n) is 15.7. The average molecular weight is 415 g/mol. The Hall–Kier alpha value is -2.56. The molecule has 0 fully saturated rings. The molecular formula is C17H20F3N5O2S. The lowest BCUT2D eigenvalue weighted by atomic mass is 10.2. The number of alkyl halides is 3. The van der Waals surface area contributed by atoms with Crippen LogP contribution in [-0.2, 0) is 22.8 Å². The largest absolute Gasteiger partial charge is 0.451 e. The summed E-state index contributed by atoms with van der Waals surface area (Å²) in [7, 11) is 2.63. The predicted octanol–water partition coefficient (Wildman–Crippen LogP) is 2.72. The number of carbonyl (C=O) groups excluding carboxylic acids is 2. The number of anilines is 1. The van der Waals surface area contributed by atoms with Crippen molar-refractivity contribution >= 4 is 29.3 Å². The van der Waals surface area contributed by atoms with E-state index in [1.54, 1.807) is 12.1 Å². The van der Waals surface area contributed by atoms with Crippen molar-refractivity contribution in [2.45, 2.75) is 30.4 Å². The Morgan fingerprint density at radius 1 is 1.25 bits per heavy atom. The normalized spacial score (nSPS) is 12.5. The maximum Gasteiger partial charge on any atom is 0.451 e. The smallest absolute Gasteiger partial charge is 0.335 e. The van der Waals surface area contributed by atoms with E-state index in [9.17, 15) is 22.8 Å². The van der Waals surface area contributed by atoms with Gasteiger partial charge in [-0.15, -0.1) is 10.2 Å². The first kappa shape index (κ1) is 21.7. The Balaban J connectivity index is 1.94. The van der Waals surface area contributed by atoms with Crippen LogP contribution in [0.1, 0.15) is 18.3 Å². The molecule has 0 aliphatic carbocycles. The molecule has 1 atom stereocenters. The Labute approximate surface area is 164 Å². The van der Waals surface area contributed by atoms with Crippen molar-refractivity contribution in [3.05, 3.63) is 35.7 Å². The monoisotopic (exact) mass is 415 g/mol. The number of halogens is 3. The van der Waals surface area contributed by atoms with Gasteiger partial charge in [-0.1, -0.05) is 29.5 Å². The van der Waals surface area contributed by atoms with Gasteiger partial charge in [0.05, 0.1) is 11.8 Å². The number of hydrogen-bond acceptors (Lipinski definition) is 5. The molecule has 1 aromatic carbocycles. The van der Waals surface area contributed by atoms with E-state index < -0.39 is 23.2 Å². The second-order valence-corrected chi connectivity index (χ2v) is 7.54. The third kappa shape index (κ3) is 5.47. The van der Waals surface area contributed by atoms with E-state index in [-0.39, 0.29) is 17.6 Å². The molecule has 0 radical (unpaired) electrons. The van der Waals surface area contributed by atoms with Gasteiger partial charge in [0.15, 0.2) is 5.16 Å². The van der Waals surface area contributed by atoms with Crippen molar-refractivity contribution in [1.82, 2.24) is 19.7 Å². The highest BCUT2D eigenvalue weighted by atomic mass is 32.2. The SMILES string of the molecule is Cc1ccc(NC(=O)CN(C)C(=O)[C@H](C)Sc2nnc(C(F)(F)F)n2C)cc1. The van der Waals surface area contributed by atoms with Gasteiger partial charge in [0.2, 0.25) is 17.6 Å². The number of aromatic nitrogens is 3. The predicted molar refractivity (Wildman–Crippen MR) is 98.8 cm³/mol. The van der Waals surface area contributed by atoms with Crippen LogP contribution in [0.4, 0.5) is 18.9 Å². The quantitative estimate of drug-likeness (QED) is 0.734. The molecule has 0 bridgehead atoms. The van der Waals surface area contributed by atoms with E-state index in [2.05, 4.69) is 15.5 Å². The van der Waals surface area contributed by atoms with Crippen molar-refractivity contribution in [2.75, 3.05) is 18.9 Å². The average Bonchev–Trinajstić information content (AvgIpc) is 2.97. The number of hydrogen-bond donors (Lipinski definition) is 1. The molecule has 1 N–H and O–H groups in total. The zero-order chi connectivity index (χ0) is 21.1. The topological polar surface area (TPSA) is 80.1 Å². The molecule has 2 aromatic rings. The zero-order valence-corrected chi connectivity index (χ0v) is 16.6. The van der Waals surface area contributed by atoms with Gasteiger partial charge in [0.1, 0.15) is 0 Å². The number of rotatable bonds is 6. The lowest BCUT2D eigenvalue weighted by molar-refractivity contribution is -0.147. The molecule has 1 aromatic heterocycles. The molecule has 152 valence electrons. The molecule has 11 heteroatoms. The Kier molecular flexibility index (Phi) is 6.70. The van der Waals surface area contributed by atoms with Gasteiger partial charge in [-0.3, -0.25) is 9.59 Å². The molecule has 7 nitrogen and oxygen atoms in total. The van der Waals surface area contributed by atoms with Crippen molar-refractivity contribution in [3.63, 3.8) is 0 Å². The van der Waals surface area contributed by atoms with Gasteiger partial charge < -0.3 is 14.8 Å². The molecule has 0 aliphatic rings. The fourth-order valence-corrected chi connectivity index (χ4v) is 3.24. The molecule has 0 saturated carbocycles. The number of nitrogens with zero attached hydrogens (tertiary/aromatic N) is 4. The first-order valence-corrected chi connectivity index (χ1v) is 9.11. The van der Waals surface area contributed by atoms with Gasteiger partial charge >= 0.3 is 6.18 Å². The summed E-state index contributed by atoms with van der Waals surface area (Å²) < 4.78 is 39.1. The minimum atomic E-state index is -4.63. The van der Waals surface area contributed by atoms with Crippen LogP contribution in [0.5, 0.6) is 0 Å². The van der Waals surface area contributed by atoms with Gasteiger partial charge in [0.25, 0.3) is 0 Å². The molecule has 0 spiro atoms. The number of nitrogens with one attached hydrogen (secondary N) is 1. The van der Waals surface area contributed by atoms with Gasteiger partial charge in [-0.2, -0.15) is 13.2 Å². The van der Waals surface area contributed by atoms with Crippen LogP contribution in [0.2, 0.25) is 0 Å². The first-order chi connectivity index (χ1) is 13.0. The summed E-state index contributed by atoms with van der Waals surface area (Å²) >= 11 is 0.843. The van der Waals surface area contributed by atoms with Crippen LogP contribution in [0.15, 0.2) is 29.4 Å². The molecule has 2 amide bonds. The number of aryl methyl sites for hydroxylation is 1. The fraction of sp³-hybridized carbons (Fsp3) is 0.412. The summed E-state index contributed by atoms with van der Waals surface area (Å²) in [6.07, 6.45) is -4.63. The minimum Gasteiger partial charge on any atom is -0.335 e. The summed E-state index contributed by atoms with van der Waals surface area (Å²) in [6, 6.07) is 7.19. The fourth-order valence-electron chi connectivity index (χ4n) is 2.31. The maximum atomic E-state index is 12.8. The number of carbonyl (C=O) groups is 2. The third-order valence-electron chi connectivity index (χ3n) is 3.81. The van der Waals surface area contributed by atoms with E-state index in [4.69, 9.17) is 0 Å². The standard InChI is InChI=1S/C17H20F3N5O2S/c1-10-5-7-12(8-6-10)21-13(26)9-24(3)14(27)11(2)28-16-23-22-15(25(16)4)17(18,19)20/h5-8,11H,9H2,1-4H3,(H,21,26)/t11-/m0/s1. The molecule has 1 heterocycles. The Morgan fingerprint density at radius 3 is 2.39 bits per heavy atom. The number of likely N-dealkylation sites (N-methyl/N-ethyl adjacent to an activating group) is 1. The van der Waals surface area contributed by atoms with Crippen LogP contribution in [0.3, 0.4) is 0 Å². The minimum absolute atomic E-state index is 0.0364. The van der Waals surface area contributed by atoms with E-state index in [0.29, 0.717) is 5.69 Å². The van der Waals surface area contributed by atoms with Gasteiger partial charge in [-0.25, -0.2) is 0 Å². The molecule has 28 heavy (non-hydrogen) atoms. The molecule has 0 aliphatic heterocycles. The van der Waals surface area contributed by atoms with Crippen molar-refractivity contribution < 1.29 is 22.8 Å². The summed E-state index contributed by atoms with van der Waals surface area (Å²) in [5, 5.41) is 8.51. The molecule has 2 rings (SSSR count). The highest BCUT2D eigenvalue weighted by molar-refractivity contribution is 8.00. The highest BCUT2D eigenvalue weighted by Gasteiger charge is 2.38. The van der Waals surface area contributed by atoms with Crippen LogP contribution < -0.4 is 5.32 Å². The van der Waals surface area contributed by atoms with Crippen LogP contribution in [0, 0.1) is 6.92 Å². The maximum absolute atomic E-state index is 12.8. The Morgan fingerprint density at radius 2 is 1.86 bits per heavy atom. The summed E-state index contributed by atoms with van der Waals surface area (Å²) in [4.78, 5) is 25.7. The first-order valence-electron chi connectivity index (χ1n) is 8.23. The van der Waals surface area contributed by atoms with Crippen molar-refractivity contribution in [3.8, 4) is 0 Å². The summed E-state index contributed by atoms with van der Waals surface area (Å²) in [6.45, 7) is 3.26. The second kappa shape index (κ2) is 8.63. The molecular weight excluding hydrogens is 395 g/mol. The molecule has 0 unspecified atom stereocenters. The van der Waals surface area contributed by atoms with E-state index in [1.165, 1.54) is 25.9 Å². The third-order valence-corrected chi connectivity index (χ3v) is 4.93. The Bertz CT molecular complexity index is 851. The van der Waals surface area contributed by atoms with Crippen LogP contribution >= 0.6 is 11.8 Å². The number of amides is 2. The van der Waals surface area contributed by atoms with E-state index in [0.717, 1.165) is 21.9 Å². The number of benzene rings is 1. The lowest BCUT2D eigenvalue weighted by Gasteiger charge is -2.20. The second-order valence-electron chi connectivity index (χ2n) is 6.23. The van der Waals surface area contributed by atoms with Gasteiger partial charge in [-0.05, 0) is 26.0 Å².